The topological polar surface area (TPSA) is 109 Å². The van der Waals surface area contributed by atoms with Gasteiger partial charge in [-0.1, -0.05) is 6.07 Å². The highest BCUT2D eigenvalue weighted by Crippen LogP contribution is 2.33. The van der Waals surface area contributed by atoms with Gasteiger partial charge in [-0.2, -0.15) is 5.26 Å². The highest BCUT2D eigenvalue weighted by Gasteiger charge is 2.25. The molecule has 2 aromatic rings. The molecule has 1 N–H and O–H groups in total. The summed E-state index contributed by atoms with van der Waals surface area (Å²) in [5.41, 5.74) is 0.785. The van der Waals surface area contributed by atoms with Gasteiger partial charge in [0.1, 0.15) is 23.4 Å². The SMILES string of the molecule is COc1cccc2c(N3CCC(CC(C#N)O[PH](=O)O)CC3)ncnc12. The Morgan fingerprint density at radius 3 is 2.85 bits per heavy atom. The maximum atomic E-state index is 10.8. The van der Waals surface area contributed by atoms with E-state index in [0.717, 1.165) is 42.7 Å². The normalized spacial score (nSPS) is 17.7. The van der Waals surface area contributed by atoms with Gasteiger partial charge in [-0.15, -0.1) is 0 Å². The molecule has 2 atom stereocenters. The lowest BCUT2D eigenvalue weighted by Gasteiger charge is -2.33. The number of benzene rings is 1. The molecular weight excluding hydrogens is 355 g/mol. The van der Waals surface area contributed by atoms with Crippen molar-refractivity contribution < 1.29 is 18.7 Å². The van der Waals surface area contributed by atoms with Crippen LogP contribution in [0.25, 0.3) is 10.9 Å². The first-order valence-corrected chi connectivity index (χ1v) is 9.70. The molecule has 0 bridgehead atoms. The third-order valence-corrected chi connectivity index (χ3v) is 5.16. The molecule has 2 heterocycles. The van der Waals surface area contributed by atoms with Crippen LogP contribution in [-0.2, 0) is 9.09 Å². The molecule has 0 saturated carbocycles. The van der Waals surface area contributed by atoms with E-state index < -0.39 is 14.4 Å². The Balaban J connectivity index is 1.70. The molecular formula is C17H21N4O4P. The van der Waals surface area contributed by atoms with Crippen LogP contribution in [0.2, 0.25) is 0 Å². The number of methoxy groups -OCH3 is 1. The van der Waals surface area contributed by atoms with Crippen LogP contribution >= 0.6 is 8.25 Å². The molecule has 0 radical (unpaired) electrons. The van der Waals surface area contributed by atoms with E-state index in [0.29, 0.717) is 12.2 Å². The summed E-state index contributed by atoms with van der Waals surface area (Å²) in [5.74, 6) is 1.87. The van der Waals surface area contributed by atoms with Crippen molar-refractivity contribution in [3.63, 3.8) is 0 Å². The molecule has 1 aromatic carbocycles. The van der Waals surface area contributed by atoms with E-state index >= 15 is 0 Å². The van der Waals surface area contributed by atoms with Crippen molar-refractivity contribution in [1.29, 1.82) is 5.26 Å². The Morgan fingerprint density at radius 1 is 1.42 bits per heavy atom. The fourth-order valence-corrected chi connectivity index (χ4v) is 3.79. The molecule has 1 aromatic heterocycles. The van der Waals surface area contributed by atoms with Gasteiger partial charge in [-0.3, -0.25) is 9.09 Å². The highest BCUT2D eigenvalue weighted by atomic mass is 31.1. The van der Waals surface area contributed by atoms with Crippen molar-refractivity contribution >= 4 is 25.0 Å². The van der Waals surface area contributed by atoms with Crippen LogP contribution in [0, 0.1) is 17.2 Å². The molecule has 3 rings (SSSR count). The third-order valence-electron chi connectivity index (χ3n) is 4.68. The largest absolute Gasteiger partial charge is 0.494 e. The fourth-order valence-electron chi connectivity index (χ4n) is 3.40. The van der Waals surface area contributed by atoms with Crippen LogP contribution in [0.4, 0.5) is 5.82 Å². The number of hydrogen-bond acceptors (Lipinski definition) is 7. The van der Waals surface area contributed by atoms with Gasteiger partial charge in [0.15, 0.2) is 6.10 Å². The van der Waals surface area contributed by atoms with Crippen LogP contribution in [-0.4, -0.2) is 41.2 Å². The predicted octanol–water partition coefficient (Wildman–Crippen LogP) is 2.54. The van der Waals surface area contributed by atoms with Crippen LogP contribution in [0.15, 0.2) is 24.5 Å². The highest BCUT2D eigenvalue weighted by molar-refractivity contribution is 7.32. The van der Waals surface area contributed by atoms with Gasteiger partial charge >= 0.3 is 8.25 Å². The number of ether oxygens (including phenoxy) is 1. The Kier molecular flexibility index (Phi) is 6.04. The van der Waals surface area contributed by atoms with Crippen molar-refractivity contribution in [2.45, 2.75) is 25.4 Å². The number of para-hydroxylation sites is 1. The van der Waals surface area contributed by atoms with E-state index in [1.807, 2.05) is 24.3 Å². The summed E-state index contributed by atoms with van der Waals surface area (Å²) in [7, 11) is -1.47. The molecule has 26 heavy (non-hydrogen) atoms. The fraction of sp³-hybridized carbons (Fsp3) is 0.471. The second-order valence-corrected chi connectivity index (χ2v) is 6.99. The Morgan fingerprint density at radius 2 is 2.19 bits per heavy atom. The van der Waals surface area contributed by atoms with Gasteiger partial charge in [0.25, 0.3) is 0 Å². The van der Waals surface area contributed by atoms with Crippen molar-refractivity contribution in [2.24, 2.45) is 5.92 Å². The van der Waals surface area contributed by atoms with E-state index in [1.54, 1.807) is 13.4 Å². The van der Waals surface area contributed by atoms with Gasteiger partial charge in [0.05, 0.1) is 13.2 Å². The van der Waals surface area contributed by atoms with Gasteiger partial charge in [-0.25, -0.2) is 9.97 Å². The maximum Gasteiger partial charge on any atom is 0.317 e. The molecule has 0 aliphatic carbocycles. The predicted molar refractivity (Wildman–Crippen MR) is 97.4 cm³/mol. The lowest BCUT2D eigenvalue weighted by molar-refractivity contribution is 0.192. The molecule has 0 spiro atoms. The first kappa shape index (κ1) is 18.6. The molecule has 1 saturated heterocycles. The number of anilines is 1. The minimum atomic E-state index is -3.09. The van der Waals surface area contributed by atoms with E-state index in [2.05, 4.69) is 14.9 Å². The van der Waals surface area contributed by atoms with Crippen molar-refractivity contribution in [3.8, 4) is 11.8 Å². The molecule has 9 heteroatoms. The lowest BCUT2D eigenvalue weighted by atomic mass is 9.91. The lowest BCUT2D eigenvalue weighted by Crippen LogP contribution is -2.35. The summed E-state index contributed by atoms with van der Waals surface area (Å²) < 4.78 is 21.0. The number of aromatic nitrogens is 2. The number of hydrogen-bond donors (Lipinski definition) is 1. The zero-order valence-electron chi connectivity index (χ0n) is 14.5. The first-order valence-electron chi connectivity index (χ1n) is 8.44. The summed E-state index contributed by atoms with van der Waals surface area (Å²) >= 11 is 0. The zero-order valence-corrected chi connectivity index (χ0v) is 15.5. The molecule has 138 valence electrons. The number of nitriles is 1. The van der Waals surface area contributed by atoms with Crippen LogP contribution < -0.4 is 9.64 Å². The number of nitrogens with zero attached hydrogens (tertiary/aromatic N) is 4. The van der Waals surface area contributed by atoms with Crippen molar-refractivity contribution in [3.05, 3.63) is 24.5 Å². The zero-order chi connectivity index (χ0) is 18.5. The smallest absolute Gasteiger partial charge is 0.317 e. The van der Waals surface area contributed by atoms with Crippen LogP contribution in [0.1, 0.15) is 19.3 Å². The summed E-state index contributed by atoms with van der Waals surface area (Å²) in [5, 5.41) is 10.0. The monoisotopic (exact) mass is 376 g/mol. The van der Waals surface area contributed by atoms with E-state index in [9.17, 15) is 4.57 Å². The average Bonchev–Trinajstić information content (AvgIpc) is 2.66. The average molecular weight is 376 g/mol. The molecule has 1 fully saturated rings. The van der Waals surface area contributed by atoms with Gasteiger partial charge < -0.3 is 14.5 Å². The molecule has 0 amide bonds. The molecule has 8 nitrogen and oxygen atoms in total. The molecule has 2 unspecified atom stereocenters. The van der Waals surface area contributed by atoms with Crippen molar-refractivity contribution in [2.75, 3.05) is 25.1 Å². The second-order valence-electron chi connectivity index (χ2n) is 6.22. The summed E-state index contributed by atoms with van der Waals surface area (Å²) in [6, 6.07) is 7.74. The molecule has 1 aliphatic rings. The van der Waals surface area contributed by atoms with Crippen LogP contribution in [0.3, 0.4) is 0 Å². The maximum absolute atomic E-state index is 10.8. The quantitative estimate of drug-likeness (QED) is 0.766. The number of fused-ring (bicyclic) bond motifs is 1. The van der Waals surface area contributed by atoms with Gasteiger partial charge in [0, 0.05) is 18.5 Å². The van der Waals surface area contributed by atoms with E-state index in [1.165, 1.54) is 0 Å². The summed E-state index contributed by atoms with van der Waals surface area (Å²) in [4.78, 5) is 19.9. The Bertz CT molecular complexity index is 833. The van der Waals surface area contributed by atoms with Gasteiger partial charge in [0.2, 0.25) is 0 Å². The minimum Gasteiger partial charge on any atom is -0.494 e. The third kappa shape index (κ3) is 4.13. The summed E-state index contributed by atoms with van der Waals surface area (Å²) in [6.45, 7) is 1.58. The summed E-state index contributed by atoms with van der Waals surface area (Å²) in [6.07, 6.45) is 2.92. The standard InChI is InChI=1S/C17H21N4O4P/c1-24-15-4-2-3-14-16(15)19-11-20-17(14)21-7-5-12(6-8-21)9-13(10-18)25-26(22)23/h2-4,11-13,26H,5-9H2,1H3,(H,22,23). The van der Waals surface area contributed by atoms with E-state index in [4.69, 9.17) is 19.4 Å². The minimum absolute atomic E-state index is 0.278. The number of piperidine rings is 1. The second kappa shape index (κ2) is 8.45. The Hall–Kier alpha value is -2.20. The molecule has 1 aliphatic heterocycles. The van der Waals surface area contributed by atoms with E-state index in [-0.39, 0.29) is 5.92 Å². The van der Waals surface area contributed by atoms with Gasteiger partial charge in [-0.05, 0) is 37.3 Å². The van der Waals surface area contributed by atoms with Crippen molar-refractivity contribution in [1.82, 2.24) is 9.97 Å². The van der Waals surface area contributed by atoms with Crippen LogP contribution in [0.5, 0.6) is 5.75 Å². The number of rotatable bonds is 6. The first-order chi connectivity index (χ1) is 12.6. The Labute approximate surface area is 152 Å².